The van der Waals surface area contributed by atoms with Crippen LogP contribution in [0.15, 0.2) is 12.7 Å². The van der Waals surface area contributed by atoms with Crippen molar-refractivity contribution in [2.45, 2.75) is 79.2 Å². The molecule has 0 unspecified atom stereocenters. The lowest BCUT2D eigenvalue weighted by molar-refractivity contribution is 0.0429. The van der Waals surface area contributed by atoms with Gasteiger partial charge in [0.2, 0.25) is 0 Å². The molecular weight excluding hydrogens is 493 g/mol. The Morgan fingerprint density at radius 3 is 2.00 bits per heavy atom. The maximum atomic E-state index is 13.0. The molecule has 14 heteroatoms. The van der Waals surface area contributed by atoms with E-state index in [0.717, 1.165) is 6.33 Å². The number of aromatic nitrogens is 4. The van der Waals surface area contributed by atoms with Crippen LogP contribution in [0.2, 0.25) is 0 Å². The van der Waals surface area contributed by atoms with Gasteiger partial charge in [-0.2, -0.15) is 4.90 Å². The predicted octanol–water partition coefficient (Wildman–Crippen LogP) is 4.13. The number of aliphatic hydroxyl groups excluding tert-OH is 1. The van der Waals surface area contributed by atoms with E-state index in [9.17, 15) is 19.3 Å². The van der Waals surface area contributed by atoms with Crippen LogP contribution in [0.5, 0.6) is 0 Å². The Morgan fingerprint density at radius 1 is 1.00 bits per heavy atom. The summed E-state index contributed by atoms with van der Waals surface area (Å²) in [4.78, 5) is 39.2. The van der Waals surface area contributed by atoms with Crippen molar-refractivity contribution in [2.75, 3.05) is 24.3 Å². The first-order valence-corrected chi connectivity index (χ1v) is 13.3. The third-order valence-electron chi connectivity index (χ3n) is 4.24. The maximum absolute atomic E-state index is 13.0. The first kappa shape index (κ1) is 29.6. The summed E-state index contributed by atoms with van der Waals surface area (Å²) in [5, 5.41) is 10.6. The lowest BCUT2D eigenvalue weighted by atomic mass is 10.2. The van der Waals surface area contributed by atoms with Crippen molar-refractivity contribution in [1.82, 2.24) is 19.5 Å². The fraction of sp³-hybridized carbons (Fsp3) is 0.682. The molecule has 0 spiro atoms. The van der Waals surface area contributed by atoms with E-state index in [4.69, 9.17) is 18.5 Å². The number of anilines is 1. The molecule has 36 heavy (non-hydrogen) atoms. The number of imidazole rings is 1. The van der Waals surface area contributed by atoms with E-state index in [1.165, 1.54) is 10.9 Å². The Bertz CT molecular complexity index is 1070. The molecule has 0 bridgehead atoms. The zero-order valence-corrected chi connectivity index (χ0v) is 22.9. The van der Waals surface area contributed by atoms with E-state index in [0.29, 0.717) is 4.90 Å². The predicted molar refractivity (Wildman–Crippen MR) is 132 cm³/mol. The monoisotopic (exact) mass is 529 g/mol. The molecule has 1 atom stereocenters. The van der Waals surface area contributed by atoms with Crippen LogP contribution in [0, 0.1) is 0 Å². The fourth-order valence-electron chi connectivity index (χ4n) is 3.11. The van der Waals surface area contributed by atoms with Crippen molar-refractivity contribution < 1.29 is 37.8 Å². The van der Waals surface area contributed by atoms with Crippen LogP contribution < -0.4 is 4.90 Å². The number of carbonyl (C=O) groups is 2. The smallest absolute Gasteiger partial charge is 0.425 e. The van der Waals surface area contributed by atoms with E-state index < -0.39 is 37.1 Å². The molecule has 0 fully saturated rings. The van der Waals surface area contributed by atoms with Crippen LogP contribution in [0.3, 0.4) is 0 Å². The quantitative estimate of drug-likeness (QED) is 0.466. The van der Waals surface area contributed by atoms with Crippen LogP contribution in [-0.4, -0.2) is 73.5 Å². The van der Waals surface area contributed by atoms with Gasteiger partial charge in [0.05, 0.1) is 38.4 Å². The molecule has 0 aliphatic carbocycles. The molecule has 2 aromatic rings. The number of rotatable bonds is 9. The van der Waals surface area contributed by atoms with E-state index >= 15 is 0 Å². The van der Waals surface area contributed by atoms with Gasteiger partial charge in [0.1, 0.15) is 17.5 Å². The number of aliphatic hydroxyl groups is 1. The van der Waals surface area contributed by atoms with Gasteiger partial charge >= 0.3 is 19.8 Å². The third kappa shape index (κ3) is 8.22. The summed E-state index contributed by atoms with van der Waals surface area (Å²) >= 11 is 0. The maximum Gasteiger partial charge on any atom is 0.425 e. The fourth-order valence-corrected chi connectivity index (χ4v) is 4.81. The van der Waals surface area contributed by atoms with Gasteiger partial charge in [-0.3, -0.25) is 4.57 Å². The topological polar surface area (TPSA) is 155 Å². The van der Waals surface area contributed by atoms with Crippen molar-refractivity contribution in [3.8, 4) is 0 Å². The third-order valence-corrected chi connectivity index (χ3v) is 6.41. The standard InChI is InChI=1S/C22H36N5O8P/c1-9-32-36(31,33-10-2)12-15(28)11-26-14-25-16-17(26)23-13-24-18(16)27(19(29)34-21(3,4)5)20(30)35-22(6,7)8/h13-15,28H,9-12H2,1-8H3/t15-/m1/s1. The van der Waals surface area contributed by atoms with E-state index in [1.807, 2.05) is 0 Å². The van der Waals surface area contributed by atoms with Crippen molar-refractivity contribution >= 4 is 36.8 Å². The minimum absolute atomic E-state index is 0.0596. The second-order valence-corrected chi connectivity index (χ2v) is 11.9. The largest absolute Gasteiger partial charge is 0.443 e. The van der Waals surface area contributed by atoms with Crippen LogP contribution in [0.1, 0.15) is 55.4 Å². The van der Waals surface area contributed by atoms with Gasteiger partial charge in [0.15, 0.2) is 17.0 Å². The second-order valence-electron chi connectivity index (χ2n) is 9.85. The van der Waals surface area contributed by atoms with Crippen LogP contribution in [-0.2, 0) is 29.6 Å². The van der Waals surface area contributed by atoms with Crippen LogP contribution >= 0.6 is 7.60 Å². The van der Waals surface area contributed by atoms with Crippen molar-refractivity contribution in [3.05, 3.63) is 12.7 Å². The highest BCUT2D eigenvalue weighted by Gasteiger charge is 2.36. The molecule has 0 aliphatic rings. The summed E-state index contributed by atoms with van der Waals surface area (Å²) in [5.74, 6) is -0.147. The SMILES string of the molecule is CCOP(=O)(C[C@H](O)Cn1cnc2c(N(C(=O)OC(C)(C)C)C(=O)OC(C)(C)C)ncnc21)OCC. The highest BCUT2D eigenvalue weighted by atomic mass is 31.2. The molecule has 2 aromatic heterocycles. The molecule has 202 valence electrons. The molecule has 0 saturated carbocycles. The molecule has 13 nitrogen and oxygen atoms in total. The average Bonchev–Trinajstić information content (AvgIpc) is 3.09. The number of amides is 2. The molecule has 1 N–H and O–H groups in total. The van der Waals surface area contributed by atoms with E-state index in [1.54, 1.807) is 55.4 Å². The lowest BCUT2D eigenvalue weighted by Gasteiger charge is -2.28. The Hall–Kier alpha value is -2.60. The first-order valence-electron chi connectivity index (χ1n) is 11.6. The molecule has 0 aliphatic heterocycles. The van der Waals surface area contributed by atoms with Gasteiger partial charge < -0.3 is 28.2 Å². The van der Waals surface area contributed by atoms with Crippen molar-refractivity contribution in [1.29, 1.82) is 0 Å². The molecule has 0 saturated heterocycles. The zero-order chi connectivity index (χ0) is 27.3. The van der Waals surface area contributed by atoms with Gasteiger partial charge in [-0.1, -0.05) is 0 Å². The van der Waals surface area contributed by atoms with Gasteiger partial charge in [0.25, 0.3) is 0 Å². The second kappa shape index (κ2) is 11.6. The number of nitrogens with zero attached hydrogens (tertiary/aromatic N) is 5. The summed E-state index contributed by atoms with van der Waals surface area (Å²) in [6.07, 6.45) is -0.858. The van der Waals surface area contributed by atoms with Gasteiger partial charge in [-0.25, -0.2) is 24.5 Å². The number of fused-ring (bicyclic) bond motifs is 1. The molecule has 0 radical (unpaired) electrons. The highest BCUT2D eigenvalue weighted by molar-refractivity contribution is 7.53. The lowest BCUT2D eigenvalue weighted by Crippen LogP contribution is -2.44. The molecule has 0 aromatic carbocycles. The number of ether oxygens (including phenoxy) is 2. The Balaban J connectivity index is 2.43. The molecule has 2 rings (SSSR count). The minimum atomic E-state index is -3.49. The minimum Gasteiger partial charge on any atom is -0.443 e. The average molecular weight is 530 g/mol. The summed E-state index contributed by atoms with van der Waals surface area (Å²) in [6, 6.07) is 0. The number of hydrogen-bond acceptors (Lipinski definition) is 11. The van der Waals surface area contributed by atoms with Gasteiger partial charge in [0, 0.05) is 0 Å². The molecule has 2 heterocycles. The van der Waals surface area contributed by atoms with E-state index in [2.05, 4.69) is 15.0 Å². The summed E-state index contributed by atoms with van der Waals surface area (Å²) in [5.41, 5.74) is -1.48. The Kier molecular flexibility index (Phi) is 9.58. The summed E-state index contributed by atoms with van der Waals surface area (Å²) < 4.78 is 35.5. The van der Waals surface area contributed by atoms with Crippen molar-refractivity contribution in [2.24, 2.45) is 0 Å². The Labute approximate surface area is 210 Å². The first-order chi connectivity index (χ1) is 16.6. The number of hydrogen-bond donors (Lipinski definition) is 1. The Morgan fingerprint density at radius 2 is 1.53 bits per heavy atom. The normalized spacial score (nSPS) is 13.5. The number of carbonyl (C=O) groups excluding carboxylic acids is 2. The summed E-state index contributed by atoms with van der Waals surface area (Å²) in [7, 11) is -3.49. The highest BCUT2D eigenvalue weighted by Crippen LogP contribution is 2.48. The van der Waals surface area contributed by atoms with Gasteiger partial charge in [-0.05, 0) is 55.4 Å². The molecule has 2 amide bonds. The number of imide groups is 1. The molecular formula is C22H36N5O8P. The summed E-state index contributed by atoms with van der Waals surface area (Å²) in [6.45, 7) is 13.6. The van der Waals surface area contributed by atoms with Crippen LogP contribution in [0.4, 0.5) is 15.4 Å². The van der Waals surface area contributed by atoms with E-state index in [-0.39, 0.29) is 42.9 Å². The van der Waals surface area contributed by atoms with Crippen molar-refractivity contribution in [3.63, 3.8) is 0 Å². The van der Waals surface area contributed by atoms with Gasteiger partial charge in [-0.15, -0.1) is 0 Å². The van der Waals surface area contributed by atoms with Crippen LogP contribution in [0.25, 0.3) is 11.2 Å². The zero-order valence-electron chi connectivity index (χ0n) is 22.0.